The van der Waals surface area contributed by atoms with Gasteiger partial charge in [-0.05, 0) is 6.42 Å². The van der Waals surface area contributed by atoms with Crippen LogP contribution in [-0.4, -0.2) is 78.9 Å². The quantitative estimate of drug-likeness (QED) is 0.320. The zero-order valence-electron chi connectivity index (χ0n) is 8.85. The Kier molecular flexibility index (Phi) is 9.11. The molecule has 0 spiro atoms. The second kappa shape index (κ2) is 8.42. The van der Waals surface area contributed by atoms with Gasteiger partial charge < -0.3 is 5.32 Å². The van der Waals surface area contributed by atoms with Crippen LogP contribution in [0.1, 0.15) is 13.3 Å². The Morgan fingerprint density at radius 3 is 2.44 bits per heavy atom. The van der Waals surface area contributed by atoms with Crippen molar-refractivity contribution in [1.29, 1.82) is 0 Å². The fraction of sp³-hybridized carbons (Fsp3) is 0.875. The van der Waals surface area contributed by atoms with Crippen LogP contribution < -0.4 is 5.32 Å². The number of nitrogens with zero attached hydrogens (tertiary/aromatic N) is 1. The Morgan fingerprint density at radius 2 is 2.00 bits per heavy atom. The monoisotopic (exact) mass is 294 g/mol. The zero-order chi connectivity index (χ0) is 11.3. The summed E-state index contributed by atoms with van der Waals surface area (Å²) in [5.41, 5.74) is 0. The van der Waals surface area contributed by atoms with E-state index in [0.717, 1.165) is 26.2 Å². The van der Waals surface area contributed by atoms with Gasteiger partial charge in [-0.1, -0.05) is 29.3 Å². The number of hydrogen-bond acceptors (Lipinski definition) is 5. The van der Waals surface area contributed by atoms with Crippen molar-refractivity contribution in [1.82, 2.24) is 9.62 Å². The molecule has 0 aromatic rings. The molecular weight excluding hydrogens is 275 g/mol. The topological polar surface area (TPSA) is 49.4 Å². The van der Waals surface area contributed by atoms with E-state index in [1.807, 2.05) is 11.2 Å². The van der Waals surface area contributed by atoms with E-state index in [1.54, 1.807) is 0 Å². The fourth-order valence-electron chi connectivity index (χ4n) is 1.51. The molecule has 1 atom stereocenters. The molecule has 8 heteroatoms. The van der Waals surface area contributed by atoms with E-state index in [1.165, 1.54) is 4.70 Å². The van der Waals surface area contributed by atoms with Gasteiger partial charge in [0.2, 0.25) is 0 Å². The van der Waals surface area contributed by atoms with E-state index in [2.05, 4.69) is 5.32 Å². The SMILES string of the molecule is CCCS(=O)(=O)[SH](C=S)N1CCNCC1.[NaH]. The van der Waals surface area contributed by atoms with Crippen LogP contribution in [0.2, 0.25) is 0 Å². The normalized spacial score (nSPS) is 20.9. The summed E-state index contributed by atoms with van der Waals surface area (Å²) >= 11 is 4.88. The third-order valence-corrected chi connectivity index (χ3v) is 9.11. The van der Waals surface area contributed by atoms with Crippen molar-refractivity contribution in [3.63, 3.8) is 0 Å². The molecule has 1 heterocycles. The number of thiol groups is 1. The molecule has 1 N–H and O–H groups in total. The van der Waals surface area contributed by atoms with Crippen LogP contribution in [0.25, 0.3) is 0 Å². The van der Waals surface area contributed by atoms with Gasteiger partial charge >= 0.3 is 29.6 Å². The summed E-state index contributed by atoms with van der Waals surface area (Å²) < 4.78 is 27.3. The van der Waals surface area contributed by atoms with Crippen LogP contribution in [-0.2, 0) is 8.87 Å². The number of thiocarbonyl (C=S) groups is 1. The van der Waals surface area contributed by atoms with Gasteiger partial charge in [-0.25, -0.2) is 8.42 Å². The van der Waals surface area contributed by atoms with Crippen LogP contribution in [0, 0.1) is 0 Å². The third kappa shape index (κ3) is 4.89. The van der Waals surface area contributed by atoms with Crippen molar-refractivity contribution in [2.45, 2.75) is 13.3 Å². The maximum atomic E-state index is 11.9. The molecule has 0 aromatic heterocycles. The molecule has 92 valence electrons. The molecule has 1 aliphatic rings. The van der Waals surface area contributed by atoms with E-state index < -0.39 is 19.0 Å². The van der Waals surface area contributed by atoms with Gasteiger partial charge in [0.25, 0.3) is 0 Å². The molecule has 16 heavy (non-hydrogen) atoms. The molecule has 1 aliphatic heterocycles. The van der Waals surface area contributed by atoms with Crippen molar-refractivity contribution in [2.24, 2.45) is 0 Å². The molecule has 0 amide bonds. The number of rotatable bonds is 5. The van der Waals surface area contributed by atoms with Gasteiger partial charge in [0, 0.05) is 30.9 Å². The van der Waals surface area contributed by atoms with Gasteiger partial charge in [0.1, 0.15) is 0 Å². The molecule has 1 fully saturated rings. The van der Waals surface area contributed by atoms with Crippen LogP contribution in [0.3, 0.4) is 0 Å². The maximum absolute atomic E-state index is 11.9. The predicted molar refractivity (Wildman–Crippen MR) is 78.3 cm³/mol. The molecule has 0 aromatic carbocycles. The van der Waals surface area contributed by atoms with Gasteiger partial charge in [-0.3, -0.25) is 4.31 Å². The fourth-order valence-corrected chi connectivity index (χ4v) is 8.05. The third-order valence-electron chi connectivity index (χ3n) is 2.21. The molecule has 1 unspecified atom stereocenters. The molecular formula is C8H19N2NaO2S3. The summed E-state index contributed by atoms with van der Waals surface area (Å²) in [6, 6.07) is 0. The van der Waals surface area contributed by atoms with Crippen LogP contribution in [0.4, 0.5) is 0 Å². The summed E-state index contributed by atoms with van der Waals surface area (Å²) in [4.78, 5) is 0. The van der Waals surface area contributed by atoms with Gasteiger partial charge in [-0.15, -0.1) is 0 Å². The second-order valence-electron chi connectivity index (χ2n) is 3.40. The first-order valence-corrected chi connectivity index (χ1v) is 9.14. The van der Waals surface area contributed by atoms with Crippen molar-refractivity contribution in [3.8, 4) is 0 Å². The summed E-state index contributed by atoms with van der Waals surface area (Å²) in [5.74, 6) is 0.246. The first-order valence-electron chi connectivity index (χ1n) is 5.05. The number of piperazine rings is 1. The minimum absolute atomic E-state index is 0. The first kappa shape index (κ1) is 17.3. The van der Waals surface area contributed by atoms with E-state index in [4.69, 9.17) is 12.2 Å². The van der Waals surface area contributed by atoms with Gasteiger partial charge in [0.15, 0.2) is 8.87 Å². The summed E-state index contributed by atoms with van der Waals surface area (Å²) in [7, 11) is -4.29. The Bertz CT molecular complexity index is 304. The van der Waals surface area contributed by atoms with Crippen LogP contribution in [0.15, 0.2) is 0 Å². The van der Waals surface area contributed by atoms with Crippen LogP contribution >= 0.6 is 22.3 Å². The molecule has 1 rings (SSSR count). The van der Waals surface area contributed by atoms with Crippen molar-refractivity contribution in [2.75, 3.05) is 31.9 Å². The number of hydrogen-bond donors (Lipinski definition) is 2. The molecule has 0 bridgehead atoms. The summed E-state index contributed by atoms with van der Waals surface area (Å²) in [5, 5.41) is 3.20. The van der Waals surface area contributed by atoms with E-state index in [9.17, 15) is 8.42 Å². The Labute approximate surface area is 128 Å². The minimum atomic E-state index is -3.02. The Hall–Kier alpha value is 1.31. The molecule has 0 saturated carbocycles. The Balaban J connectivity index is 0.00000225. The molecule has 0 aliphatic carbocycles. The summed E-state index contributed by atoms with van der Waals surface area (Å²) in [6.07, 6.45) is 0.663. The molecule has 0 radical (unpaired) electrons. The van der Waals surface area contributed by atoms with Gasteiger partial charge in [-0.2, -0.15) is 0 Å². The zero-order valence-corrected chi connectivity index (χ0v) is 11.4. The van der Waals surface area contributed by atoms with Crippen molar-refractivity contribution >= 4 is 65.5 Å². The predicted octanol–water partition coefficient (Wildman–Crippen LogP) is -0.144. The van der Waals surface area contributed by atoms with E-state index >= 15 is 0 Å². The number of nitrogens with one attached hydrogen (secondary N) is 1. The summed E-state index contributed by atoms with van der Waals surface area (Å²) in [6.45, 7) is 5.14. The molecule has 1 saturated heterocycles. The van der Waals surface area contributed by atoms with Crippen molar-refractivity contribution in [3.05, 3.63) is 0 Å². The average Bonchev–Trinajstić information content (AvgIpc) is 2.19. The average molecular weight is 294 g/mol. The van der Waals surface area contributed by atoms with Gasteiger partial charge in [0.05, 0.1) is 5.75 Å². The Morgan fingerprint density at radius 1 is 1.44 bits per heavy atom. The first-order chi connectivity index (χ1) is 7.11. The molecule has 4 nitrogen and oxygen atoms in total. The van der Waals surface area contributed by atoms with Crippen LogP contribution in [0.5, 0.6) is 0 Å². The van der Waals surface area contributed by atoms with E-state index in [-0.39, 0.29) is 35.3 Å². The standard InChI is InChI=1S/C8H18N2O2S3.Na.H/c1-2-7-15(11,12)14(8-13)10-5-3-9-4-6-10;;/h8-9,14H,2-7H2,1H3;;. The second-order valence-corrected chi connectivity index (χ2v) is 9.78. The van der Waals surface area contributed by atoms with E-state index in [0.29, 0.717) is 6.42 Å². The van der Waals surface area contributed by atoms with Crippen molar-refractivity contribution < 1.29 is 8.42 Å².